The molecule has 20 heavy (non-hydrogen) atoms. The van der Waals surface area contributed by atoms with Crippen LogP contribution in [0.4, 0.5) is 13.2 Å². The highest BCUT2D eigenvalue weighted by Gasteiger charge is 2.51. The summed E-state index contributed by atoms with van der Waals surface area (Å²) in [5.74, 6) is 0.425. The van der Waals surface area contributed by atoms with Gasteiger partial charge in [-0.05, 0) is 30.4 Å². The first kappa shape index (κ1) is 15.6. The van der Waals surface area contributed by atoms with Crippen LogP contribution in [-0.4, -0.2) is 0 Å². The van der Waals surface area contributed by atoms with Gasteiger partial charge in [0, 0.05) is 23.4 Å². The number of alkyl halides is 3. The maximum Gasteiger partial charge on any atom is 0.600 e. The van der Waals surface area contributed by atoms with E-state index in [9.17, 15) is 13.2 Å². The van der Waals surface area contributed by atoms with Crippen molar-refractivity contribution in [2.75, 3.05) is 0 Å². The van der Waals surface area contributed by atoms with E-state index in [2.05, 4.69) is 0 Å². The van der Waals surface area contributed by atoms with E-state index in [-0.39, 0.29) is 24.2 Å². The number of halogens is 4. The van der Waals surface area contributed by atoms with Crippen molar-refractivity contribution in [3.63, 3.8) is 0 Å². The van der Waals surface area contributed by atoms with Crippen LogP contribution >= 0.6 is 10.5 Å². The minimum Gasteiger partial charge on any atom is -1.00 e. The fraction of sp³-hybridized carbons (Fsp3) is 0.467. The van der Waals surface area contributed by atoms with Crippen molar-refractivity contribution in [1.82, 2.24) is 0 Å². The maximum atomic E-state index is 13.4. The lowest BCUT2D eigenvalue weighted by molar-refractivity contribution is -0.0867. The molecule has 0 aliphatic heterocycles. The average molecular weight is 321 g/mol. The fourth-order valence-corrected chi connectivity index (χ4v) is 4.66. The molecule has 1 atom stereocenters. The van der Waals surface area contributed by atoms with Crippen molar-refractivity contribution in [1.29, 1.82) is 0 Å². The Morgan fingerprint density at radius 2 is 1.80 bits per heavy atom. The lowest BCUT2D eigenvalue weighted by atomic mass is 10.0. The van der Waals surface area contributed by atoms with E-state index < -0.39 is 16.0 Å². The van der Waals surface area contributed by atoms with Gasteiger partial charge in [-0.25, -0.2) is 0 Å². The molecule has 0 nitrogen and oxygen atoms in total. The largest absolute Gasteiger partial charge is 1.00 e. The number of thiophene rings is 1. The Kier molecular flexibility index (Phi) is 4.09. The number of benzene rings is 1. The van der Waals surface area contributed by atoms with Crippen LogP contribution in [0.15, 0.2) is 24.3 Å². The van der Waals surface area contributed by atoms with Gasteiger partial charge in [-0.1, -0.05) is 19.9 Å². The molecule has 0 spiro atoms. The Morgan fingerprint density at radius 1 is 1.15 bits per heavy atom. The Balaban J connectivity index is 0.00000147. The number of rotatable bonds is 2. The van der Waals surface area contributed by atoms with Crippen LogP contribution in [-0.2, 0) is 5.51 Å². The van der Waals surface area contributed by atoms with Gasteiger partial charge in [-0.2, -0.15) is 0 Å². The van der Waals surface area contributed by atoms with Gasteiger partial charge in [0.25, 0.3) is 0 Å². The molecule has 5 heteroatoms. The molecule has 0 N–H and O–H groups in total. The van der Waals surface area contributed by atoms with E-state index in [1.807, 2.05) is 26.0 Å². The molecule has 1 aliphatic rings. The van der Waals surface area contributed by atoms with Crippen molar-refractivity contribution >= 4 is 20.6 Å². The van der Waals surface area contributed by atoms with Crippen LogP contribution in [0.3, 0.4) is 0 Å². The zero-order valence-corrected chi connectivity index (χ0v) is 12.9. The molecule has 1 heterocycles. The zero-order valence-electron chi connectivity index (χ0n) is 11.3. The van der Waals surface area contributed by atoms with E-state index in [0.717, 1.165) is 23.8 Å². The third-order valence-corrected chi connectivity index (χ3v) is 5.85. The van der Waals surface area contributed by atoms with Gasteiger partial charge < -0.3 is 12.4 Å². The summed E-state index contributed by atoms with van der Waals surface area (Å²) in [4.78, 5) is 0.614. The molecule has 110 valence electrons. The molecule has 1 fully saturated rings. The summed E-state index contributed by atoms with van der Waals surface area (Å²) < 4.78 is 40.6. The number of fused-ring (bicyclic) bond motifs is 1. The molecule has 0 radical (unpaired) electrons. The summed E-state index contributed by atoms with van der Waals surface area (Å²) in [6.45, 7) is 4.02. The standard InChI is InChI=1S/C15H16F3S.ClH/c1-9(2)11-5-6-12-8-13(10-3-4-10)19(14(12)7-11)15(16,17)18;/h5-10H,3-4H2,1-2H3;1H/q+1;/p-1. The van der Waals surface area contributed by atoms with Crippen molar-refractivity contribution in [3.05, 3.63) is 34.7 Å². The van der Waals surface area contributed by atoms with E-state index in [4.69, 9.17) is 0 Å². The van der Waals surface area contributed by atoms with Gasteiger partial charge in [0.05, 0.1) is 10.5 Å². The number of hydrogen-bond donors (Lipinski definition) is 0. The van der Waals surface area contributed by atoms with Gasteiger partial charge in [0.2, 0.25) is 0 Å². The molecule has 1 saturated carbocycles. The normalized spacial score (nSPS) is 16.6. The monoisotopic (exact) mass is 320 g/mol. The highest BCUT2D eigenvalue weighted by atomic mass is 35.5. The van der Waals surface area contributed by atoms with Gasteiger partial charge in [0.1, 0.15) is 0 Å². The topological polar surface area (TPSA) is 0 Å². The average Bonchev–Trinajstić information content (AvgIpc) is 3.06. The first-order valence-electron chi connectivity index (χ1n) is 6.54. The number of hydrogen-bond acceptors (Lipinski definition) is 0. The Bertz CT molecular complexity index is 624. The molecule has 0 bridgehead atoms. The van der Waals surface area contributed by atoms with Gasteiger partial charge >= 0.3 is 5.51 Å². The van der Waals surface area contributed by atoms with Crippen LogP contribution < -0.4 is 12.4 Å². The van der Waals surface area contributed by atoms with Crippen LogP contribution in [0.1, 0.15) is 49.0 Å². The summed E-state index contributed by atoms with van der Waals surface area (Å²) in [5, 5.41) is 0.770. The summed E-state index contributed by atoms with van der Waals surface area (Å²) in [5.41, 5.74) is -3.15. The first-order valence-corrected chi connectivity index (χ1v) is 7.77. The van der Waals surface area contributed by atoms with Crippen molar-refractivity contribution in [3.8, 4) is 0 Å². The molecule has 3 rings (SSSR count). The summed E-state index contributed by atoms with van der Waals surface area (Å²) in [7, 11) is -1.69. The highest BCUT2D eigenvalue weighted by Crippen LogP contribution is 2.57. The molecule has 1 aromatic heterocycles. The molecule has 1 aliphatic carbocycles. The van der Waals surface area contributed by atoms with Gasteiger partial charge in [0.15, 0.2) is 9.58 Å². The van der Waals surface area contributed by atoms with Crippen LogP contribution in [0, 0.1) is 0 Å². The second-order valence-corrected chi connectivity index (χ2v) is 7.51. The van der Waals surface area contributed by atoms with Gasteiger partial charge in [-0.15, -0.1) is 13.2 Å². The lowest BCUT2D eigenvalue weighted by Gasteiger charge is -2.04. The highest BCUT2D eigenvalue weighted by molar-refractivity contribution is 7.38. The zero-order chi connectivity index (χ0) is 13.8. The minimum absolute atomic E-state index is 0. The molecule has 2 aromatic rings. The third-order valence-electron chi connectivity index (χ3n) is 3.67. The SMILES string of the molecule is CC(C)c1ccc2cc(C3CC3)[s+](C(F)(F)F)c2c1.[Cl-]. The second-order valence-electron chi connectivity index (χ2n) is 5.52. The Morgan fingerprint density at radius 3 is 2.30 bits per heavy atom. The van der Waals surface area contributed by atoms with Gasteiger partial charge in [-0.3, -0.25) is 0 Å². The molecule has 0 amide bonds. The maximum absolute atomic E-state index is 13.4. The molecule has 0 saturated heterocycles. The smallest absolute Gasteiger partial charge is 0.600 e. The molecule has 1 aromatic carbocycles. The van der Waals surface area contributed by atoms with Crippen molar-refractivity contribution in [2.24, 2.45) is 0 Å². The summed E-state index contributed by atoms with van der Waals surface area (Å²) in [6.07, 6.45) is 1.83. The van der Waals surface area contributed by atoms with Crippen LogP contribution in [0.25, 0.3) is 10.1 Å². The summed E-state index contributed by atoms with van der Waals surface area (Å²) >= 11 is 0. The molecular weight excluding hydrogens is 305 g/mol. The van der Waals surface area contributed by atoms with E-state index in [0.29, 0.717) is 9.58 Å². The Hall–Kier alpha value is -0.740. The third kappa shape index (κ3) is 2.68. The predicted molar refractivity (Wildman–Crippen MR) is 73.8 cm³/mol. The molecular formula is C15H16ClF3S. The quantitative estimate of drug-likeness (QED) is 0.746. The second kappa shape index (κ2) is 5.23. The van der Waals surface area contributed by atoms with Crippen molar-refractivity contribution < 1.29 is 25.6 Å². The summed E-state index contributed by atoms with van der Waals surface area (Å²) in [6, 6.07) is 7.36. The van der Waals surface area contributed by atoms with E-state index in [1.165, 1.54) is 0 Å². The lowest BCUT2D eigenvalue weighted by Crippen LogP contribution is -3.00. The van der Waals surface area contributed by atoms with E-state index >= 15 is 0 Å². The molecule has 1 unspecified atom stereocenters. The first-order chi connectivity index (χ1) is 8.88. The van der Waals surface area contributed by atoms with Crippen LogP contribution in [0.2, 0.25) is 0 Å². The Labute approximate surface area is 125 Å². The van der Waals surface area contributed by atoms with Crippen molar-refractivity contribution in [2.45, 2.75) is 44.0 Å². The predicted octanol–water partition coefficient (Wildman–Crippen LogP) is 3.07. The fourth-order valence-electron chi connectivity index (χ4n) is 2.46. The van der Waals surface area contributed by atoms with Crippen LogP contribution in [0.5, 0.6) is 0 Å². The van der Waals surface area contributed by atoms with E-state index in [1.54, 1.807) is 12.1 Å². The minimum atomic E-state index is -4.14.